The highest BCUT2D eigenvalue weighted by molar-refractivity contribution is 7.26. The van der Waals surface area contributed by atoms with Gasteiger partial charge in [0.05, 0.1) is 11.0 Å². The van der Waals surface area contributed by atoms with Gasteiger partial charge in [-0.25, -0.2) is 9.97 Å². The van der Waals surface area contributed by atoms with Gasteiger partial charge >= 0.3 is 0 Å². The maximum atomic E-state index is 6.64. The van der Waals surface area contributed by atoms with Crippen molar-refractivity contribution in [3.05, 3.63) is 164 Å². The molecule has 5 heteroatoms. The molecule has 0 spiro atoms. The molecule has 0 atom stereocenters. The van der Waals surface area contributed by atoms with Gasteiger partial charge in [-0.05, 0) is 92.3 Å². The molecule has 0 aliphatic carbocycles. The van der Waals surface area contributed by atoms with E-state index in [2.05, 4.69) is 162 Å². The SMILES string of the molecule is c1ccc2cc(-c3ccc4cc(-c5ccc6oc7c(-n8c9ccccc9c9c%10sc%11ccccc%11c%10ccc98)ncnc7c6c5)ccc4c3)ccc2c1. The van der Waals surface area contributed by atoms with Crippen LogP contribution in [0.25, 0.3) is 114 Å². The molecule has 0 saturated heterocycles. The van der Waals surface area contributed by atoms with E-state index in [1.165, 1.54) is 63.6 Å². The predicted molar refractivity (Wildman–Crippen MR) is 222 cm³/mol. The molecular formula is C48H27N3OS. The summed E-state index contributed by atoms with van der Waals surface area (Å²) in [5.74, 6) is 0.743. The van der Waals surface area contributed by atoms with E-state index in [1.54, 1.807) is 6.33 Å². The van der Waals surface area contributed by atoms with E-state index in [0.29, 0.717) is 5.58 Å². The summed E-state index contributed by atoms with van der Waals surface area (Å²) in [6, 6.07) is 56.8. The normalized spacial score (nSPS) is 12.2. The Morgan fingerprint density at radius 2 is 1.11 bits per heavy atom. The molecule has 4 nitrogen and oxygen atoms in total. The van der Waals surface area contributed by atoms with E-state index < -0.39 is 0 Å². The summed E-state index contributed by atoms with van der Waals surface area (Å²) in [5, 5.41) is 10.9. The van der Waals surface area contributed by atoms with E-state index in [9.17, 15) is 0 Å². The van der Waals surface area contributed by atoms with Crippen LogP contribution in [0.5, 0.6) is 0 Å². The minimum absolute atomic E-state index is 0.679. The van der Waals surface area contributed by atoms with Gasteiger partial charge in [0.15, 0.2) is 11.4 Å². The van der Waals surface area contributed by atoms with Crippen molar-refractivity contribution in [2.75, 3.05) is 0 Å². The van der Waals surface area contributed by atoms with Crippen molar-refractivity contribution in [1.29, 1.82) is 0 Å². The van der Waals surface area contributed by atoms with Gasteiger partial charge in [-0.1, -0.05) is 109 Å². The van der Waals surface area contributed by atoms with Crippen LogP contribution >= 0.6 is 11.3 Å². The largest absolute Gasteiger partial charge is 0.450 e. The number of fused-ring (bicyclic) bond motifs is 12. The van der Waals surface area contributed by atoms with Crippen LogP contribution in [0.4, 0.5) is 0 Å². The Labute approximate surface area is 306 Å². The van der Waals surface area contributed by atoms with Gasteiger partial charge in [-0.3, -0.25) is 4.57 Å². The second-order valence-corrected chi connectivity index (χ2v) is 14.9. The highest BCUT2D eigenvalue weighted by Crippen LogP contribution is 2.44. The number of hydrogen-bond acceptors (Lipinski definition) is 4. The van der Waals surface area contributed by atoms with Gasteiger partial charge in [0, 0.05) is 36.3 Å². The first kappa shape index (κ1) is 28.8. The zero-order chi connectivity index (χ0) is 34.6. The summed E-state index contributed by atoms with van der Waals surface area (Å²) in [6.45, 7) is 0. The Morgan fingerprint density at radius 3 is 1.92 bits per heavy atom. The van der Waals surface area contributed by atoms with Gasteiger partial charge in [0.2, 0.25) is 0 Å². The fourth-order valence-corrected chi connectivity index (χ4v) is 9.60. The van der Waals surface area contributed by atoms with Crippen molar-refractivity contribution >= 4 is 96.9 Å². The Balaban J connectivity index is 0.987. The summed E-state index contributed by atoms with van der Waals surface area (Å²) in [5.41, 5.74) is 9.18. The lowest BCUT2D eigenvalue weighted by molar-refractivity contribution is 0.662. The first-order valence-corrected chi connectivity index (χ1v) is 18.6. The van der Waals surface area contributed by atoms with E-state index in [0.717, 1.165) is 44.5 Å². The maximum Gasteiger partial charge on any atom is 0.197 e. The number of para-hydroxylation sites is 1. The Morgan fingerprint density at radius 1 is 0.472 bits per heavy atom. The number of thiophene rings is 1. The molecule has 0 saturated carbocycles. The van der Waals surface area contributed by atoms with Crippen LogP contribution in [-0.2, 0) is 0 Å². The molecule has 0 fully saturated rings. The monoisotopic (exact) mass is 693 g/mol. The van der Waals surface area contributed by atoms with Crippen LogP contribution in [0.3, 0.4) is 0 Å². The zero-order valence-electron chi connectivity index (χ0n) is 28.2. The standard InChI is InChI=1S/C48H27N3OS/c1-2-8-29-23-30(14-13-28(29)7-1)31-15-16-33-25-34(18-17-32(33)24-31)35-19-22-42-39(26-35)45-46(52-42)48(50-27-49-45)51-40-11-5-3-10-38(40)44-41(51)21-20-37-36-9-4-6-12-43(36)53-47(37)44/h1-27H. The van der Waals surface area contributed by atoms with Gasteiger partial charge in [-0.15, -0.1) is 11.3 Å². The number of hydrogen-bond donors (Lipinski definition) is 0. The van der Waals surface area contributed by atoms with Gasteiger partial charge in [0.1, 0.15) is 17.4 Å². The average Bonchev–Trinajstić information content (AvgIpc) is 3.89. The van der Waals surface area contributed by atoms with Crippen molar-refractivity contribution in [3.63, 3.8) is 0 Å². The lowest BCUT2D eigenvalue weighted by Gasteiger charge is -2.08. The second-order valence-electron chi connectivity index (χ2n) is 13.8. The van der Waals surface area contributed by atoms with Crippen LogP contribution < -0.4 is 0 Å². The van der Waals surface area contributed by atoms with Crippen LogP contribution in [-0.4, -0.2) is 14.5 Å². The maximum absolute atomic E-state index is 6.64. The molecule has 0 amide bonds. The van der Waals surface area contributed by atoms with E-state index in [-0.39, 0.29) is 0 Å². The van der Waals surface area contributed by atoms with Crippen molar-refractivity contribution in [2.45, 2.75) is 0 Å². The molecule has 4 heterocycles. The van der Waals surface area contributed by atoms with Crippen LogP contribution in [0.1, 0.15) is 0 Å². The number of nitrogens with zero attached hydrogens (tertiary/aromatic N) is 3. The summed E-state index contributed by atoms with van der Waals surface area (Å²) >= 11 is 1.85. The molecule has 12 aromatic rings. The zero-order valence-corrected chi connectivity index (χ0v) is 29.1. The fourth-order valence-electron chi connectivity index (χ4n) is 8.34. The Kier molecular flexibility index (Phi) is 5.90. The molecule has 8 aromatic carbocycles. The van der Waals surface area contributed by atoms with E-state index >= 15 is 0 Å². The predicted octanol–water partition coefficient (Wildman–Crippen LogP) is 13.5. The molecule has 0 radical (unpaired) electrons. The molecule has 53 heavy (non-hydrogen) atoms. The molecule has 12 rings (SSSR count). The summed E-state index contributed by atoms with van der Waals surface area (Å²) in [4.78, 5) is 9.69. The highest BCUT2D eigenvalue weighted by atomic mass is 32.1. The third-order valence-corrected chi connectivity index (χ3v) is 12.1. The van der Waals surface area contributed by atoms with Crippen LogP contribution in [0, 0.1) is 0 Å². The number of rotatable bonds is 3. The molecule has 0 N–H and O–H groups in total. The van der Waals surface area contributed by atoms with Crippen LogP contribution in [0.15, 0.2) is 168 Å². The Bertz CT molecular complexity index is 3480. The van der Waals surface area contributed by atoms with Gasteiger partial charge in [-0.2, -0.15) is 0 Å². The van der Waals surface area contributed by atoms with E-state index in [1.807, 2.05) is 11.3 Å². The third kappa shape index (κ3) is 4.23. The number of benzene rings is 8. The molecule has 0 unspecified atom stereocenters. The minimum Gasteiger partial charge on any atom is -0.450 e. The molecule has 246 valence electrons. The lowest BCUT2D eigenvalue weighted by atomic mass is 9.96. The van der Waals surface area contributed by atoms with E-state index in [4.69, 9.17) is 14.4 Å². The molecule has 4 aromatic heterocycles. The van der Waals surface area contributed by atoms with Gasteiger partial charge in [0.25, 0.3) is 0 Å². The summed E-state index contributed by atoms with van der Waals surface area (Å²) in [6.07, 6.45) is 1.67. The third-order valence-electron chi connectivity index (χ3n) is 10.9. The topological polar surface area (TPSA) is 43.9 Å². The van der Waals surface area contributed by atoms with Crippen molar-refractivity contribution in [2.24, 2.45) is 0 Å². The quantitative estimate of drug-likeness (QED) is 0.185. The first-order chi connectivity index (χ1) is 26.2. The number of furan rings is 1. The minimum atomic E-state index is 0.679. The molecular weight excluding hydrogens is 667 g/mol. The lowest BCUT2D eigenvalue weighted by Crippen LogP contribution is -1.98. The smallest absolute Gasteiger partial charge is 0.197 e. The molecule has 0 aliphatic rings. The molecule has 0 bridgehead atoms. The van der Waals surface area contributed by atoms with Crippen molar-refractivity contribution in [1.82, 2.24) is 14.5 Å². The van der Waals surface area contributed by atoms with Crippen LogP contribution in [0.2, 0.25) is 0 Å². The molecule has 0 aliphatic heterocycles. The average molecular weight is 694 g/mol. The fraction of sp³-hybridized carbons (Fsp3) is 0. The summed E-state index contributed by atoms with van der Waals surface area (Å²) < 4.78 is 11.5. The van der Waals surface area contributed by atoms with Gasteiger partial charge < -0.3 is 4.42 Å². The Hall–Kier alpha value is -6.82. The first-order valence-electron chi connectivity index (χ1n) is 17.8. The van der Waals surface area contributed by atoms with Crippen molar-refractivity contribution in [3.8, 4) is 28.1 Å². The van der Waals surface area contributed by atoms with Crippen molar-refractivity contribution < 1.29 is 4.42 Å². The highest BCUT2D eigenvalue weighted by Gasteiger charge is 2.22. The number of aromatic nitrogens is 3. The second kappa shape index (κ2) is 10.8. The summed E-state index contributed by atoms with van der Waals surface area (Å²) in [7, 11) is 0.